The Labute approximate surface area is 130 Å². The zero-order valence-electron chi connectivity index (χ0n) is 12.2. The molecule has 0 spiro atoms. The third kappa shape index (κ3) is 3.74. The molecule has 2 heterocycles. The van der Waals surface area contributed by atoms with E-state index < -0.39 is 10.2 Å². The molecule has 2 aliphatic rings. The molecule has 8 heteroatoms. The molecule has 2 N–H and O–H groups in total. The van der Waals surface area contributed by atoms with Gasteiger partial charge in [-0.1, -0.05) is 0 Å². The van der Waals surface area contributed by atoms with Gasteiger partial charge in [0.1, 0.15) is 0 Å². The number of nitrogens with one attached hydrogen (secondary N) is 2. The van der Waals surface area contributed by atoms with Gasteiger partial charge >= 0.3 is 10.2 Å². The maximum atomic E-state index is 12.4. The van der Waals surface area contributed by atoms with Crippen molar-refractivity contribution >= 4 is 26.7 Å². The molecular weight excluding hydrogens is 308 g/mol. The second-order valence-electron chi connectivity index (χ2n) is 5.86. The number of thiazole rings is 1. The minimum atomic E-state index is -3.46. The van der Waals surface area contributed by atoms with Gasteiger partial charge in [-0.15, -0.1) is 11.3 Å². The zero-order valence-corrected chi connectivity index (χ0v) is 13.8. The van der Waals surface area contributed by atoms with Crippen molar-refractivity contribution in [1.29, 1.82) is 0 Å². The second-order valence-corrected chi connectivity index (χ2v) is 8.39. The molecular formula is C13H22N4O2S2. The van der Waals surface area contributed by atoms with Gasteiger partial charge in [0.05, 0.1) is 5.69 Å². The van der Waals surface area contributed by atoms with E-state index in [1.54, 1.807) is 0 Å². The zero-order chi connectivity index (χ0) is 14.9. The van der Waals surface area contributed by atoms with E-state index in [4.69, 9.17) is 0 Å². The molecule has 6 nitrogen and oxygen atoms in total. The number of rotatable bonds is 6. The molecule has 1 aliphatic heterocycles. The second kappa shape index (κ2) is 6.20. The maximum Gasteiger partial charge on any atom is 0.303 e. The fourth-order valence-electron chi connectivity index (χ4n) is 2.72. The fourth-order valence-corrected chi connectivity index (χ4v) is 4.95. The molecule has 1 saturated heterocycles. The first-order chi connectivity index (χ1) is 10.1. The van der Waals surface area contributed by atoms with Crippen LogP contribution in [0.3, 0.4) is 0 Å². The van der Waals surface area contributed by atoms with Gasteiger partial charge in [0.15, 0.2) is 5.13 Å². The number of hydrogen-bond donors (Lipinski definition) is 2. The van der Waals surface area contributed by atoms with Gasteiger partial charge in [-0.25, -0.2) is 9.71 Å². The van der Waals surface area contributed by atoms with Crippen molar-refractivity contribution in [3.8, 4) is 0 Å². The van der Waals surface area contributed by atoms with Crippen molar-refractivity contribution in [3.63, 3.8) is 0 Å². The van der Waals surface area contributed by atoms with Crippen LogP contribution in [0.4, 0.5) is 5.13 Å². The Bertz CT molecular complexity index is 575. The highest BCUT2D eigenvalue weighted by atomic mass is 32.2. The Kier molecular flexibility index (Phi) is 4.49. The van der Waals surface area contributed by atoms with Gasteiger partial charge in [-0.2, -0.15) is 12.7 Å². The van der Waals surface area contributed by atoms with Crippen LogP contribution in [0, 0.1) is 5.92 Å². The highest BCUT2D eigenvalue weighted by molar-refractivity contribution is 7.90. The van der Waals surface area contributed by atoms with Gasteiger partial charge in [0.2, 0.25) is 0 Å². The molecule has 0 bridgehead atoms. The Morgan fingerprint density at radius 1 is 1.33 bits per heavy atom. The topological polar surface area (TPSA) is 74.3 Å². The number of aromatic nitrogens is 1. The van der Waals surface area contributed by atoms with Crippen LogP contribution in [0.2, 0.25) is 0 Å². The Morgan fingerprint density at radius 2 is 2.05 bits per heavy atom. The van der Waals surface area contributed by atoms with Crippen molar-refractivity contribution < 1.29 is 8.42 Å². The summed E-state index contributed by atoms with van der Waals surface area (Å²) in [6.45, 7) is 2.13. The van der Waals surface area contributed by atoms with E-state index in [0.717, 1.165) is 25.1 Å². The van der Waals surface area contributed by atoms with Crippen LogP contribution in [0.1, 0.15) is 37.3 Å². The molecule has 1 saturated carbocycles. The molecule has 0 atom stereocenters. The quantitative estimate of drug-likeness (QED) is 0.831. The first kappa shape index (κ1) is 15.2. The Hall–Kier alpha value is -0.700. The molecule has 0 unspecified atom stereocenters. The van der Waals surface area contributed by atoms with Crippen molar-refractivity contribution in [2.24, 2.45) is 5.92 Å². The Morgan fingerprint density at radius 3 is 2.67 bits per heavy atom. The molecule has 0 amide bonds. The van der Waals surface area contributed by atoms with Gasteiger partial charge in [0.25, 0.3) is 0 Å². The molecule has 1 aromatic heterocycles. The highest BCUT2D eigenvalue weighted by Gasteiger charge is 2.30. The lowest BCUT2D eigenvalue weighted by molar-refractivity contribution is 0.272. The standard InChI is InChI=1S/C13H22N4O2S2/c1-14-8-10-4-6-17(7-5-10)21(18,19)16-13-15-12(9-20-13)11-2-3-11/h9-11,14H,2-8H2,1H3,(H,15,16). The summed E-state index contributed by atoms with van der Waals surface area (Å²) in [5.41, 5.74) is 1.03. The van der Waals surface area contributed by atoms with Crippen LogP contribution >= 0.6 is 11.3 Å². The summed E-state index contributed by atoms with van der Waals surface area (Å²) in [5, 5.41) is 5.62. The van der Waals surface area contributed by atoms with Crippen molar-refractivity contribution in [3.05, 3.63) is 11.1 Å². The SMILES string of the molecule is CNCC1CCN(S(=O)(=O)Nc2nc(C3CC3)cs2)CC1. The number of nitrogens with zero attached hydrogens (tertiary/aromatic N) is 2. The maximum absolute atomic E-state index is 12.4. The van der Waals surface area contributed by atoms with Gasteiger partial charge in [-0.05, 0) is 45.2 Å². The summed E-state index contributed by atoms with van der Waals surface area (Å²) >= 11 is 1.38. The Balaban J connectivity index is 1.58. The number of hydrogen-bond acceptors (Lipinski definition) is 5. The lowest BCUT2D eigenvalue weighted by Crippen LogP contribution is -2.43. The van der Waals surface area contributed by atoms with Crippen molar-refractivity contribution in [1.82, 2.24) is 14.6 Å². The summed E-state index contributed by atoms with van der Waals surface area (Å²) in [7, 11) is -1.52. The monoisotopic (exact) mass is 330 g/mol. The molecule has 3 rings (SSSR count). The molecule has 118 valence electrons. The first-order valence-corrected chi connectivity index (χ1v) is 9.78. The highest BCUT2D eigenvalue weighted by Crippen LogP contribution is 2.41. The summed E-state index contributed by atoms with van der Waals surface area (Å²) in [6, 6.07) is 0. The van der Waals surface area contributed by atoms with E-state index in [9.17, 15) is 8.42 Å². The van der Waals surface area contributed by atoms with Crippen LogP contribution in [0.25, 0.3) is 0 Å². The predicted molar refractivity (Wildman–Crippen MR) is 84.9 cm³/mol. The normalized spacial score (nSPS) is 21.6. The van der Waals surface area contributed by atoms with Crippen LogP contribution in [-0.4, -0.2) is 44.4 Å². The predicted octanol–water partition coefficient (Wildman–Crippen LogP) is 1.61. The molecule has 2 fully saturated rings. The molecule has 21 heavy (non-hydrogen) atoms. The van der Waals surface area contributed by atoms with E-state index in [2.05, 4.69) is 15.0 Å². The number of piperidine rings is 1. The minimum Gasteiger partial charge on any atom is -0.319 e. The van der Waals surface area contributed by atoms with Crippen LogP contribution in [0.15, 0.2) is 5.38 Å². The van der Waals surface area contributed by atoms with Gasteiger partial charge in [0, 0.05) is 24.4 Å². The summed E-state index contributed by atoms with van der Waals surface area (Å²) in [5.74, 6) is 1.12. The number of anilines is 1. The summed E-state index contributed by atoms with van der Waals surface area (Å²) < 4.78 is 28.9. The largest absolute Gasteiger partial charge is 0.319 e. The van der Waals surface area contributed by atoms with E-state index in [-0.39, 0.29) is 0 Å². The lowest BCUT2D eigenvalue weighted by atomic mass is 9.98. The van der Waals surface area contributed by atoms with Crippen molar-refractivity contribution in [2.75, 3.05) is 31.4 Å². The van der Waals surface area contributed by atoms with Gasteiger partial charge in [-0.3, -0.25) is 0 Å². The first-order valence-electron chi connectivity index (χ1n) is 7.46. The summed E-state index contributed by atoms with van der Waals surface area (Å²) in [4.78, 5) is 4.39. The van der Waals surface area contributed by atoms with E-state index in [0.29, 0.717) is 30.1 Å². The van der Waals surface area contributed by atoms with Crippen molar-refractivity contribution in [2.45, 2.75) is 31.6 Å². The third-order valence-electron chi connectivity index (χ3n) is 4.14. The van der Waals surface area contributed by atoms with E-state index in [1.165, 1.54) is 28.5 Å². The van der Waals surface area contributed by atoms with Crippen LogP contribution in [-0.2, 0) is 10.2 Å². The van der Waals surface area contributed by atoms with Crippen LogP contribution in [0.5, 0.6) is 0 Å². The molecule has 0 aromatic carbocycles. The smallest absolute Gasteiger partial charge is 0.303 e. The molecule has 1 aromatic rings. The van der Waals surface area contributed by atoms with Crippen LogP contribution < -0.4 is 10.0 Å². The average Bonchev–Trinajstić information content (AvgIpc) is 3.21. The summed E-state index contributed by atoms with van der Waals surface area (Å²) in [6.07, 6.45) is 4.17. The van der Waals surface area contributed by atoms with E-state index in [1.807, 2.05) is 12.4 Å². The minimum absolute atomic E-state index is 0.495. The average molecular weight is 330 g/mol. The third-order valence-corrected chi connectivity index (χ3v) is 6.54. The lowest BCUT2D eigenvalue weighted by Gasteiger charge is -2.30. The van der Waals surface area contributed by atoms with E-state index >= 15 is 0 Å². The van der Waals surface area contributed by atoms with Gasteiger partial charge < -0.3 is 5.32 Å². The molecule has 0 radical (unpaired) electrons. The fraction of sp³-hybridized carbons (Fsp3) is 0.769. The molecule has 1 aliphatic carbocycles.